The molecule has 2 aromatic rings. The maximum atomic E-state index is 5.16. The van der Waals surface area contributed by atoms with E-state index in [1.165, 1.54) is 11.1 Å². The van der Waals surface area contributed by atoms with Crippen LogP contribution in [0.1, 0.15) is 11.1 Å². The number of nitrogens with zero attached hydrogens (tertiary/aromatic N) is 1. The van der Waals surface area contributed by atoms with Crippen LogP contribution in [-0.4, -0.2) is 24.6 Å². The minimum Gasteiger partial charge on any atom is -0.497 e. The second kappa shape index (κ2) is 5.93. The Hall–Kier alpha value is -2.06. The van der Waals surface area contributed by atoms with Gasteiger partial charge in [0.05, 0.1) is 7.11 Å². The largest absolute Gasteiger partial charge is 0.497 e. The summed E-state index contributed by atoms with van der Waals surface area (Å²) < 4.78 is 5.16. The third-order valence-corrected chi connectivity index (χ3v) is 3.61. The molecular weight excluding hydrogens is 246 g/mol. The topological polar surface area (TPSA) is 12.2 Å². The van der Waals surface area contributed by atoms with Gasteiger partial charge in [0.15, 0.2) is 0 Å². The predicted octanol–water partition coefficient (Wildman–Crippen LogP) is 3.59. The van der Waals surface area contributed by atoms with E-state index in [4.69, 9.17) is 4.74 Å². The van der Waals surface area contributed by atoms with Crippen LogP contribution in [0.4, 0.5) is 0 Å². The molecule has 2 aromatic carbocycles. The number of ether oxygens (including phenoxy) is 1. The Morgan fingerprint density at radius 2 is 1.85 bits per heavy atom. The minimum atomic E-state index is 0.581. The van der Waals surface area contributed by atoms with Crippen LogP contribution in [0.5, 0.6) is 5.75 Å². The standard InChI is InChI=1S/C18H19NO/c1-20-18-11-8-15(9-12-18)7-10-17-14-19(17)13-16-5-3-2-4-6-16/h2-12,17H,13-14H2,1H3/b10-7+. The first-order chi connectivity index (χ1) is 9.85. The summed E-state index contributed by atoms with van der Waals surface area (Å²) in [6.45, 7) is 2.19. The molecule has 1 aliphatic heterocycles. The van der Waals surface area contributed by atoms with Gasteiger partial charge in [-0.25, -0.2) is 0 Å². The van der Waals surface area contributed by atoms with E-state index in [9.17, 15) is 0 Å². The highest BCUT2D eigenvalue weighted by atomic mass is 16.5. The molecule has 0 N–H and O–H groups in total. The summed E-state index contributed by atoms with van der Waals surface area (Å²) in [5.41, 5.74) is 2.60. The summed E-state index contributed by atoms with van der Waals surface area (Å²) in [5.74, 6) is 0.902. The summed E-state index contributed by atoms with van der Waals surface area (Å²) >= 11 is 0. The second-order valence-corrected chi connectivity index (χ2v) is 5.11. The van der Waals surface area contributed by atoms with Gasteiger partial charge in [0.25, 0.3) is 0 Å². The van der Waals surface area contributed by atoms with Gasteiger partial charge in [0.2, 0.25) is 0 Å². The zero-order chi connectivity index (χ0) is 13.8. The van der Waals surface area contributed by atoms with Crippen LogP contribution in [-0.2, 0) is 6.54 Å². The molecule has 1 heterocycles. The fourth-order valence-corrected chi connectivity index (χ4v) is 2.31. The molecule has 0 aromatic heterocycles. The van der Waals surface area contributed by atoms with Gasteiger partial charge in [-0.05, 0) is 23.3 Å². The number of hydrogen-bond donors (Lipinski definition) is 0. The maximum Gasteiger partial charge on any atom is 0.118 e. The van der Waals surface area contributed by atoms with Gasteiger partial charge in [-0.15, -0.1) is 0 Å². The summed E-state index contributed by atoms with van der Waals surface area (Å²) in [6.07, 6.45) is 4.47. The van der Waals surface area contributed by atoms with Crippen molar-refractivity contribution in [3.05, 3.63) is 71.8 Å². The summed E-state index contributed by atoms with van der Waals surface area (Å²) in [4.78, 5) is 2.45. The van der Waals surface area contributed by atoms with Crippen LogP contribution in [0.3, 0.4) is 0 Å². The quantitative estimate of drug-likeness (QED) is 0.766. The van der Waals surface area contributed by atoms with E-state index in [1.807, 2.05) is 12.1 Å². The highest BCUT2D eigenvalue weighted by Gasteiger charge is 2.30. The fourth-order valence-electron chi connectivity index (χ4n) is 2.31. The zero-order valence-corrected chi connectivity index (χ0v) is 11.7. The average Bonchev–Trinajstić information content (AvgIpc) is 3.25. The molecule has 20 heavy (non-hydrogen) atoms. The molecule has 0 amide bonds. The van der Waals surface area contributed by atoms with Crippen molar-refractivity contribution in [3.8, 4) is 5.75 Å². The smallest absolute Gasteiger partial charge is 0.118 e. The van der Waals surface area contributed by atoms with Crippen molar-refractivity contribution >= 4 is 6.08 Å². The second-order valence-electron chi connectivity index (χ2n) is 5.11. The molecule has 0 bridgehead atoms. The van der Waals surface area contributed by atoms with Crippen molar-refractivity contribution in [1.82, 2.24) is 4.90 Å². The average molecular weight is 265 g/mol. The van der Waals surface area contributed by atoms with Crippen LogP contribution in [0.25, 0.3) is 6.08 Å². The molecule has 0 aliphatic carbocycles. The van der Waals surface area contributed by atoms with E-state index in [0.29, 0.717) is 6.04 Å². The molecule has 2 nitrogen and oxygen atoms in total. The zero-order valence-electron chi connectivity index (χ0n) is 11.7. The third-order valence-electron chi connectivity index (χ3n) is 3.61. The molecule has 0 spiro atoms. The van der Waals surface area contributed by atoms with Crippen LogP contribution in [0.15, 0.2) is 60.7 Å². The van der Waals surface area contributed by atoms with Crippen molar-refractivity contribution in [3.63, 3.8) is 0 Å². The van der Waals surface area contributed by atoms with Gasteiger partial charge in [-0.1, -0.05) is 54.6 Å². The Labute approximate surface area is 120 Å². The van der Waals surface area contributed by atoms with Gasteiger partial charge >= 0.3 is 0 Å². The minimum absolute atomic E-state index is 0.581. The first kappa shape index (κ1) is 12.9. The molecule has 1 fully saturated rings. The van der Waals surface area contributed by atoms with E-state index < -0.39 is 0 Å². The molecule has 0 radical (unpaired) electrons. The van der Waals surface area contributed by atoms with E-state index in [2.05, 4.69) is 59.5 Å². The van der Waals surface area contributed by atoms with E-state index in [-0.39, 0.29) is 0 Å². The van der Waals surface area contributed by atoms with Crippen molar-refractivity contribution in [2.24, 2.45) is 0 Å². The van der Waals surface area contributed by atoms with Crippen molar-refractivity contribution < 1.29 is 4.74 Å². The Bertz CT molecular complexity index is 574. The van der Waals surface area contributed by atoms with Crippen molar-refractivity contribution in [1.29, 1.82) is 0 Å². The molecule has 102 valence electrons. The van der Waals surface area contributed by atoms with Gasteiger partial charge in [-0.2, -0.15) is 0 Å². The monoisotopic (exact) mass is 265 g/mol. The molecular formula is C18H19NO. The lowest BCUT2D eigenvalue weighted by Crippen LogP contribution is -1.99. The third kappa shape index (κ3) is 3.28. The molecule has 2 heteroatoms. The van der Waals surface area contributed by atoms with Crippen molar-refractivity contribution in [2.75, 3.05) is 13.7 Å². The number of hydrogen-bond acceptors (Lipinski definition) is 2. The van der Waals surface area contributed by atoms with Gasteiger partial charge in [-0.3, -0.25) is 4.90 Å². The first-order valence-corrected chi connectivity index (χ1v) is 6.95. The van der Waals surface area contributed by atoms with E-state index >= 15 is 0 Å². The van der Waals surface area contributed by atoms with E-state index in [1.54, 1.807) is 7.11 Å². The fraction of sp³-hybridized carbons (Fsp3) is 0.222. The summed E-state index contributed by atoms with van der Waals surface area (Å²) in [6, 6.07) is 19.4. The molecule has 1 saturated heterocycles. The lowest BCUT2D eigenvalue weighted by Gasteiger charge is -2.01. The van der Waals surface area contributed by atoms with E-state index in [0.717, 1.165) is 18.8 Å². The Morgan fingerprint density at radius 1 is 1.10 bits per heavy atom. The Balaban J connectivity index is 1.53. The highest BCUT2D eigenvalue weighted by molar-refractivity contribution is 5.52. The molecule has 0 saturated carbocycles. The Morgan fingerprint density at radius 3 is 2.55 bits per heavy atom. The van der Waals surface area contributed by atoms with Crippen LogP contribution >= 0.6 is 0 Å². The molecule has 2 atom stereocenters. The molecule has 3 rings (SSSR count). The SMILES string of the molecule is COc1ccc(/C=C/C2CN2Cc2ccccc2)cc1. The molecule has 1 aliphatic rings. The number of benzene rings is 2. The van der Waals surface area contributed by atoms with Gasteiger partial charge < -0.3 is 4.74 Å². The summed E-state index contributed by atoms with van der Waals surface area (Å²) in [5, 5.41) is 0. The normalized spacial score (nSPS) is 21.1. The number of rotatable bonds is 5. The summed E-state index contributed by atoms with van der Waals surface area (Å²) in [7, 11) is 1.69. The lowest BCUT2D eigenvalue weighted by molar-refractivity contribution is 0.415. The highest BCUT2D eigenvalue weighted by Crippen LogP contribution is 2.23. The Kier molecular flexibility index (Phi) is 3.84. The predicted molar refractivity (Wildman–Crippen MR) is 82.7 cm³/mol. The molecule has 2 unspecified atom stereocenters. The lowest BCUT2D eigenvalue weighted by atomic mass is 10.2. The maximum absolute atomic E-state index is 5.16. The van der Waals surface area contributed by atoms with Gasteiger partial charge in [0.1, 0.15) is 5.75 Å². The van der Waals surface area contributed by atoms with Crippen LogP contribution in [0.2, 0.25) is 0 Å². The first-order valence-electron chi connectivity index (χ1n) is 6.95. The van der Waals surface area contributed by atoms with Crippen LogP contribution in [0, 0.1) is 0 Å². The van der Waals surface area contributed by atoms with Crippen LogP contribution < -0.4 is 4.74 Å². The van der Waals surface area contributed by atoms with Crippen molar-refractivity contribution in [2.45, 2.75) is 12.6 Å². The van der Waals surface area contributed by atoms with Gasteiger partial charge in [0, 0.05) is 19.1 Å². The number of methoxy groups -OCH3 is 1.